The molecule has 0 atom stereocenters. The number of para-hydroxylation sites is 1. The molecule has 112 valence electrons. The number of rotatable bonds is 8. The van der Waals surface area contributed by atoms with Crippen LogP contribution < -0.4 is 4.74 Å². The Balaban J connectivity index is 2.03. The molecule has 1 aromatic carbocycles. The molecule has 0 bridgehead atoms. The van der Waals surface area contributed by atoms with Crippen molar-refractivity contribution in [2.45, 2.75) is 71.6 Å². The fraction of sp³-hybridized carbons (Fsp3) is 0.684. The molecular weight excluding hydrogens is 244 g/mol. The molecule has 0 aliphatic carbocycles. The molecular formula is C19H30O. The van der Waals surface area contributed by atoms with Gasteiger partial charge in [-0.05, 0) is 30.9 Å². The Kier molecular flexibility index (Phi) is 5.94. The predicted molar refractivity (Wildman–Crippen MR) is 86.4 cm³/mol. The van der Waals surface area contributed by atoms with Gasteiger partial charge in [-0.1, -0.05) is 70.6 Å². The summed E-state index contributed by atoms with van der Waals surface area (Å²) in [5.74, 6) is 1.12. The van der Waals surface area contributed by atoms with Crippen molar-refractivity contribution in [2.24, 2.45) is 5.41 Å². The lowest BCUT2D eigenvalue weighted by molar-refractivity contribution is 0.0938. The maximum Gasteiger partial charge on any atom is 0.122 e. The molecule has 0 N–H and O–H groups in total. The first kappa shape index (κ1) is 15.4. The smallest absolute Gasteiger partial charge is 0.122 e. The minimum absolute atomic E-state index is 0.401. The van der Waals surface area contributed by atoms with E-state index in [1.807, 2.05) is 0 Å². The molecule has 1 nitrogen and oxygen atoms in total. The van der Waals surface area contributed by atoms with E-state index in [4.69, 9.17) is 4.74 Å². The van der Waals surface area contributed by atoms with Gasteiger partial charge < -0.3 is 4.74 Å². The molecule has 2 rings (SSSR count). The summed E-state index contributed by atoms with van der Waals surface area (Å²) >= 11 is 0. The molecule has 0 radical (unpaired) electrons. The van der Waals surface area contributed by atoms with E-state index in [2.05, 4.69) is 38.1 Å². The van der Waals surface area contributed by atoms with Crippen LogP contribution in [-0.4, -0.2) is 6.61 Å². The summed E-state index contributed by atoms with van der Waals surface area (Å²) in [7, 11) is 0. The third kappa shape index (κ3) is 4.01. The topological polar surface area (TPSA) is 9.23 Å². The Labute approximate surface area is 124 Å². The van der Waals surface area contributed by atoms with Crippen LogP contribution in [0.2, 0.25) is 0 Å². The van der Waals surface area contributed by atoms with Crippen molar-refractivity contribution in [2.75, 3.05) is 6.61 Å². The van der Waals surface area contributed by atoms with Gasteiger partial charge in [-0.2, -0.15) is 0 Å². The van der Waals surface area contributed by atoms with Crippen LogP contribution in [0.4, 0.5) is 0 Å². The van der Waals surface area contributed by atoms with Crippen molar-refractivity contribution in [3.8, 4) is 5.75 Å². The Morgan fingerprint density at radius 2 is 1.60 bits per heavy atom. The molecule has 0 saturated heterocycles. The van der Waals surface area contributed by atoms with Crippen LogP contribution in [0.1, 0.15) is 70.8 Å². The van der Waals surface area contributed by atoms with Gasteiger partial charge in [0.1, 0.15) is 5.75 Å². The van der Waals surface area contributed by atoms with Crippen molar-refractivity contribution in [3.63, 3.8) is 0 Å². The largest absolute Gasteiger partial charge is 0.493 e. The Hall–Kier alpha value is -0.980. The quantitative estimate of drug-likeness (QED) is 0.547. The maximum atomic E-state index is 6.10. The molecule has 1 aliphatic rings. The first-order valence-corrected chi connectivity index (χ1v) is 8.50. The zero-order chi connectivity index (χ0) is 14.3. The zero-order valence-electron chi connectivity index (χ0n) is 13.3. The number of ether oxygens (including phenoxy) is 1. The van der Waals surface area contributed by atoms with Crippen LogP contribution in [0, 0.1) is 5.41 Å². The fourth-order valence-electron chi connectivity index (χ4n) is 3.42. The first-order chi connectivity index (χ1) is 9.79. The van der Waals surface area contributed by atoms with E-state index in [1.165, 1.54) is 63.4 Å². The van der Waals surface area contributed by atoms with E-state index in [0.29, 0.717) is 5.41 Å². The van der Waals surface area contributed by atoms with E-state index in [0.717, 1.165) is 12.4 Å². The van der Waals surface area contributed by atoms with Crippen molar-refractivity contribution in [1.82, 2.24) is 0 Å². The second kappa shape index (κ2) is 7.71. The summed E-state index contributed by atoms with van der Waals surface area (Å²) in [6, 6.07) is 8.61. The lowest BCUT2D eigenvalue weighted by Gasteiger charge is -2.38. The molecule has 0 amide bonds. The predicted octanol–water partition coefficient (Wildman–Crippen LogP) is 5.77. The van der Waals surface area contributed by atoms with Crippen LogP contribution in [0.25, 0.3) is 0 Å². The van der Waals surface area contributed by atoms with Crippen molar-refractivity contribution < 1.29 is 4.74 Å². The molecule has 1 aliphatic heterocycles. The van der Waals surface area contributed by atoms with Gasteiger partial charge in [0.15, 0.2) is 0 Å². The lowest BCUT2D eigenvalue weighted by atomic mass is 9.73. The third-order valence-corrected chi connectivity index (χ3v) is 4.69. The molecule has 1 heterocycles. The summed E-state index contributed by atoms with van der Waals surface area (Å²) < 4.78 is 6.10. The molecule has 0 unspecified atom stereocenters. The Morgan fingerprint density at radius 1 is 0.950 bits per heavy atom. The normalized spacial score (nSPS) is 16.5. The van der Waals surface area contributed by atoms with Gasteiger partial charge in [0.25, 0.3) is 0 Å². The van der Waals surface area contributed by atoms with Gasteiger partial charge >= 0.3 is 0 Å². The van der Waals surface area contributed by atoms with Gasteiger partial charge in [0.05, 0.1) is 6.61 Å². The zero-order valence-corrected chi connectivity index (χ0v) is 13.3. The average Bonchev–Trinajstić information content (AvgIpc) is 2.48. The minimum Gasteiger partial charge on any atom is -0.493 e. The Bertz CT molecular complexity index is 387. The second-order valence-corrected chi connectivity index (χ2v) is 6.49. The SMILES string of the molecule is CCCCCC1(CCCCC)COc2ccccc2C1. The minimum atomic E-state index is 0.401. The summed E-state index contributed by atoms with van der Waals surface area (Å²) in [5.41, 5.74) is 1.82. The van der Waals surface area contributed by atoms with Gasteiger partial charge in [-0.15, -0.1) is 0 Å². The highest BCUT2D eigenvalue weighted by Crippen LogP contribution is 2.41. The summed E-state index contributed by atoms with van der Waals surface area (Å²) in [6.45, 7) is 5.50. The van der Waals surface area contributed by atoms with Gasteiger partial charge in [-0.3, -0.25) is 0 Å². The maximum absolute atomic E-state index is 6.10. The number of unbranched alkanes of at least 4 members (excludes halogenated alkanes) is 4. The van der Waals surface area contributed by atoms with E-state index in [-0.39, 0.29) is 0 Å². The fourth-order valence-corrected chi connectivity index (χ4v) is 3.42. The van der Waals surface area contributed by atoms with Crippen molar-refractivity contribution in [1.29, 1.82) is 0 Å². The highest BCUT2D eigenvalue weighted by Gasteiger charge is 2.34. The highest BCUT2D eigenvalue weighted by atomic mass is 16.5. The number of hydrogen-bond donors (Lipinski definition) is 0. The molecule has 1 aromatic rings. The molecule has 0 aromatic heterocycles. The van der Waals surface area contributed by atoms with E-state index < -0.39 is 0 Å². The molecule has 0 saturated carbocycles. The number of benzene rings is 1. The van der Waals surface area contributed by atoms with Crippen LogP contribution in [0.3, 0.4) is 0 Å². The molecule has 20 heavy (non-hydrogen) atoms. The summed E-state index contributed by atoms with van der Waals surface area (Å²) in [6.07, 6.45) is 11.9. The van der Waals surface area contributed by atoms with Crippen LogP contribution >= 0.6 is 0 Å². The van der Waals surface area contributed by atoms with Gasteiger partial charge in [-0.25, -0.2) is 0 Å². The standard InChI is InChI=1S/C19H30O/c1-3-5-9-13-19(14-10-6-4-2)15-17-11-7-8-12-18(17)20-16-19/h7-8,11-12H,3-6,9-10,13-16H2,1-2H3. The summed E-state index contributed by atoms with van der Waals surface area (Å²) in [5, 5.41) is 0. The van der Waals surface area contributed by atoms with Gasteiger partial charge in [0, 0.05) is 5.41 Å². The van der Waals surface area contributed by atoms with Crippen LogP contribution in [0.5, 0.6) is 5.75 Å². The second-order valence-electron chi connectivity index (χ2n) is 6.49. The van der Waals surface area contributed by atoms with Crippen molar-refractivity contribution >= 4 is 0 Å². The lowest BCUT2D eigenvalue weighted by Crippen LogP contribution is -2.35. The average molecular weight is 274 g/mol. The number of fused-ring (bicyclic) bond motifs is 1. The number of hydrogen-bond acceptors (Lipinski definition) is 1. The highest BCUT2D eigenvalue weighted by molar-refractivity contribution is 5.36. The van der Waals surface area contributed by atoms with E-state index >= 15 is 0 Å². The first-order valence-electron chi connectivity index (χ1n) is 8.50. The van der Waals surface area contributed by atoms with Crippen LogP contribution in [-0.2, 0) is 6.42 Å². The van der Waals surface area contributed by atoms with Gasteiger partial charge in [0.2, 0.25) is 0 Å². The molecule has 1 heteroatoms. The van der Waals surface area contributed by atoms with E-state index in [1.54, 1.807) is 0 Å². The third-order valence-electron chi connectivity index (χ3n) is 4.69. The van der Waals surface area contributed by atoms with Crippen molar-refractivity contribution in [3.05, 3.63) is 29.8 Å². The Morgan fingerprint density at radius 3 is 2.25 bits per heavy atom. The molecule has 0 spiro atoms. The molecule has 0 fully saturated rings. The van der Waals surface area contributed by atoms with Crippen LogP contribution in [0.15, 0.2) is 24.3 Å². The summed E-state index contributed by atoms with van der Waals surface area (Å²) in [4.78, 5) is 0. The monoisotopic (exact) mass is 274 g/mol. The van der Waals surface area contributed by atoms with E-state index in [9.17, 15) is 0 Å².